The predicted octanol–water partition coefficient (Wildman–Crippen LogP) is 7.36. The van der Waals surface area contributed by atoms with Crippen LogP contribution < -0.4 is 0 Å². The van der Waals surface area contributed by atoms with Gasteiger partial charge in [0.15, 0.2) is 17.7 Å². The highest BCUT2D eigenvalue weighted by molar-refractivity contribution is 5.81. The number of hydrogen-bond acceptors (Lipinski definition) is 7. The van der Waals surface area contributed by atoms with E-state index in [1.54, 1.807) is 4.68 Å². The number of hydrogen-bond donors (Lipinski definition) is 1. The molecule has 9 nitrogen and oxygen atoms in total. The number of rotatable bonds is 13. The lowest BCUT2D eigenvalue weighted by molar-refractivity contribution is 0.0159. The lowest BCUT2D eigenvalue weighted by atomic mass is 9.98. The topological polar surface area (TPSA) is 104 Å². The highest BCUT2D eigenvalue weighted by Crippen LogP contribution is 2.32. The van der Waals surface area contributed by atoms with Crippen LogP contribution in [-0.2, 0) is 24.3 Å². The summed E-state index contributed by atoms with van der Waals surface area (Å²) < 4.78 is 9.68. The molecule has 3 heterocycles. The molecule has 6 aromatic rings. The van der Waals surface area contributed by atoms with Crippen LogP contribution in [0.2, 0.25) is 0 Å². The average Bonchev–Trinajstić information content (AvgIpc) is 3.72. The summed E-state index contributed by atoms with van der Waals surface area (Å²) in [5.41, 5.74) is 8.39. The van der Waals surface area contributed by atoms with Crippen molar-refractivity contribution >= 4 is 23.3 Å². The van der Waals surface area contributed by atoms with Crippen LogP contribution in [-0.4, -0.2) is 46.5 Å². The normalized spacial score (nSPS) is 12.3. The zero-order chi connectivity index (χ0) is 31.9. The Hall–Kier alpha value is -4.99. The van der Waals surface area contributed by atoms with E-state index in [2.05, 4.69) is 69.5 Å². The Morgan fingerprint density at radius 2 is 1.65 bits per heavy atom. The van der Waals surface area contributed by atoms with E-state index in [-0.39, 0.29) is 12.8 Å². The highest BCUT2D eigenvalue weighted by Gasteiger charge is 2.19. The molecular weight excluding hydrogens is 574 g/mol. The van der Waals surface area contributed by atoms with Crippen LogP contribution in [0.15, 0.2) is 84.9 Å². The number of tetrazole rings is 1. The number of unbranched alkanes of at least 4 members (excludes halogenated alkanes) is 1. The number of aryl methyl sites for hydroxylation is 1. The second-order valence-corrected chi connectivity index (χ2v) is 11.2. The number of ether oxygens (including phenoxy) is 1. The molecule has 0 spiro atoms. The Bertz CT molecular complexity index is 1930. The summed E-state index contributed by atoms with van der Waals surface area (Å²) in [6, 6.07) is 28.9. The van der Waals surface area contributed by atoms with E-state index in [0.717, 1.165) is 69.6 Å². The van der Waals surface area contributed by atoms with Gasteiger partial charge >= 0.3 is 0 Å². The van der Waals surface area contributed by atoms with Crippen LogP contribution in [0.3, 0.4) is 0 Å². The maximum Gasteiger partial charge on any atom is 0.185 e. The Labute approximate surface area is 269 Å². The quantitative estimate of drug-likeness (QED) is 0.145. The first-order valence-corrected chi connectivity index (χ1v) is 15.9. The first-order chi connectivity index (χ1) is 22.6. The van der Waals surface area contributed by atoms with Crippen molar-refractivity contribution in [1.29, 1.82) is 0 Å². The van der Waals surface area contributed by atoms with E-state index in [4.69, 9.17) is 14.7 Å². The van der Waals surface area contributed by atoms with Crippen molar-refractivity contribution in [1.82, 2.24) is 34.7 Å². The summed E-state index contributed by atoms with van der Waals surface area (Å²) in [6.07, 6.45) is 6.73. The summed E-state index contributed by atoms with van der Waals surface area (Å²) in [7, 11) is 0. The number of aromatic nitrogens is 7. The van der Waals surface area contributed by atoms with E-state index in [9.17, 15) is 5.11 Å². The minimum atomic E-state index is -0.284. The molecule has 46 heavy (non-hydrogen) atoms. The first kappa shape index (κ1) is 31.0. The van der Waals surface area contributed by atoms with Crippen molar-refractivity contribution in [2.24, 2.45) is 0 Å². The lowest BCUT2D eigenvalue weighted by Crippen LogP contribution is -2.12. The van der Waals surface area contributed by atoms with Crippen LogP contribution in [0.5, 0.6) is 0 Å². The van der Waals surface area contributed by atoms with Crippen LogP contribution in [0.4, 0.5) is 0 Å². The predicted molar refractivity (Wildman–Crippen MR) is 182 cm³/mol. The molecule has 1 atom stereocenters. The van der Waals surface area contributed by atoms with Gasteiger partial charge in [-0.2, -0.15) is 4.68 Å². The third-order valence-electron chi connectivity index (χ3n) is 8.09. The molecule has 0 aliphatic rings. The molecule has 0 bridgehead atoms. The Kier molecular flexibility index (Phi) is 9.71. The molecule has 0 radical (unpaired) electrons. The summed E-state index contributed by atoms with van der Waals surface area (Å²) in [6.45, 7) is 7.13. The molecule has 1 N–H and O–H groups in total. The number of fused-ring (bicyclic) bond motifs is 1. The van der Waals surface area contributed by atoms with Crippen LogP contribution >= 0.6 is 0 Å². The lowest BCUT2D eigenvalue weighted by Gasteiger charge is -2.15. The molecule has 6 rings (SSSR count). The number of aliphatic hydroxyl groups is 1. The maximum atomic E-state index is 10.3. The minimum Gasteiger partial charge on any atom is -0.390 e. The van der Waals surface area contributed by atoms with Crippen LogP contribution in [0, 0.1) is 0 Å². The van der Waals surface area contributed by atoms with E-state index in [0.29, 0.717) is 24.7 Å². The van der Waals surface area contributed by atoms with Gasteiger partial charge < -0.3 is 14.4 Å². The van der Waals surface area contributed by atoms with Gasteiger partial charge in [0, 0.05) is 24.2 Å². The van der Waals surface area contributed by atoms with Gasteiger partial charge in [0.1, 0.15) is 11.3 Å². The molecule has 0 saturated carbocycles. The maximum absolute atomic E-state index is 10.3. The Balaban J connectivity index is 1.32. The molecule has 3 aromatic heterocycles. The first-order valence-electron chi connectivity index (χ1n) is 15.9. The van der Waals surface area contributed by atoms with Gasteiger partial charge in [0.25, 0.3) is 0 Å². The summed E-state index contributed by atoms with van der Waals surface area (Å²) >= 11 is 0. The monoisotopic (exact) mass is 613 g/mol. The SMILES string of the molecule is CCCCc1nc2cc(C=Cc3ccccc3)c(CO)nc2n1Cc1ccc(-c2ccccc2-c2nnnn2C(C)OCC)cc1. The van der Waals surface area contributed by atoms with Crippen molar-refractivity contribution < 1.29 is 9.84 Å². The molecule has 0 aliphatic carbocycles. The number of benzene rings is 3. The van der Waals surface area contributed by atoms with E-state index >= 15 is 0 Å². The van der Waals surface area contributed by atoms with Crippen molar-refractivity contribution in [3.8, 4) is 22.5 Å². The molecule has 0 aliphatic heterocycles. The molecule has 234 valence electrons. The summed E-state index contributed by atoms with van der Waals surface area (Å²) in [4.78, 5) is 9.97. The van der Waals surface area contributed by atoms with Gasteiger partial charge in [-0.25, -0.2) is 9.97 Å². The number of aliphatic hydroxyl groups excluding tert-OH is 1. The third kappa shape index (κ3) is 6.66. The Morgan fingerprint density at radius 3 is 2.39 bits per heavy atom. The molecule has 0 fully saturated rings. The van der Waals surface area contributed by atoms with Crippen LogP contribution in [0.1, 0.15) is 68.0 Å². The molecule has 3 aromatic carbocycles. The molecule has 1 unspecified atom stereocenters. The van der Waals surface area contributed by atoms with E-state index in [1.165, 1.54) is 0 Å². The molecular formula is C37H39N7O2. The average molecular weight is 614 g/mol. The van der Waals surface area contributed by atoms with Gasteiger partial charge in [0.2, 0.25) is 0 Å². The van der Waals surface area contributed by atoms with Crippen molar-refractivity contribution in [2.75, 3.05) is 6.61 Å². The molecule has 9 heteroatoms. The zero-order valence-electron chi connectivity index (χ0n) is 26.5. The zero-order valence-corrected chi connectivity index (χ0v) is 26.5. The standard InChI is InChI=1S/C37H39N7O2/c1-4-6-16-35-38-33-23-30(22-17-27-12-8-7-9-13-27)34(25-45)39-37(33)43(35)24-28-18-20-29(21-19-28)31-14-10-11-15-32(31)36-40-41-42-44(36)26(3)46-5-2/h7-15,17-23,26,45H,4-6,16,24-25H2,1-3H3. The summed E-state index contributed by atoms with van der Waals surface area (Å²) in [5.74, 6) is 1.66. The van der Waals surface area contributed by atoms with Crippen molar-refractivity contribution in [2.45, 2.75) is 59.4 Å². The minimum absolute atomic E-state index is 0.152. The van der Waals surface area contributed by atoms with Gasteiger partial charge in [-0.3, -0.25) is 0 Å². The fourth-order valence-corrected chi connectivity index (χ4v) is 5.69. The fourth-order valence-electron chi connectivity index (χ4n) is 5.69. The summed E-state index contributed by atoms with van der Waals surface area (Å²) in [5, 5.41) is 22.7. The van der Waals surface area contributed by atoms with Gasteiger partial charge in [-0.15, -0.1) is 5.10 Å². The smallest absolute Gasteiger partial charge is 0.185 e. The largest absolute Gasteiger partial charge is 0.390 e. The van der Waals surface area contributed by atoms with E-state index < -0.39 is 0 Å². The molecule has 0 amide bonds. The number of nitrogens with zero attached hydrogens (tertiary/aromatic N) is 7. The van der Waals surface area contributed by atoms with Crippen molar-refractivity contribution in [3.63, 3.8) is 0 Å². The van der Waals surface area contributed by atoms with Crippen molar-refractivity contribution in [3.05, 3.63) is 113 Å². The fraction of sp³-hybridized carbons (Fsp3) is 0.270. The highest BCUT2D eigenvalue weighted by atomic mass is 16.5. The number of pyridine rings is 1. The van der Waals surface area contributed by atoms with Gasteiger partial charge in [-0.1, -0.05) is 104 Å². The molecule has 0 saturated heterocycles. The van der Waals surface area contributed by atoms with E-state index in [1.807, 2.05) is 68.5 Å². The Morgan fingerprint density at radius 1 is 0.891 bits per heavy atom. The van der Waals surface area contributed by atoms with Gasteiger partial charge in [0.05, 0.1) is 18.8 Å². The van der Waals surface area contributed by atoms with Crippen LogP contribution in [0.25, 0.3) is 45.8 Å². The third-order valence-corrected chi connectivity index (χ3v) is 8.09. The van der Waals surface area contributed by atoms with Gasteiger partial charge in [-0.05, 0) is 59.0 Å². The second-order valence-electron chi connectivity index (χ2n) is 11.2. The number of imidazole rings is 1. The second kappa shape index (κ2) is 14.4.